The molecule has 3 rings (SSSR count). The highest BCUT2D eigenvalue weighted by molar-refractivity contribution is 5.34. The van der Waals surface area contributed by atoms with Crippen LogP contribution >= 0.6 is 0 Å². The van der Waals surface area contributed by atoms with Crippen molar-refractivity contribution in [2.75, 3.05) is 0 Å². The summed E-state index contributed by atoms with van der Waals surface area (Å²) in [7, 11) is 0. The summed E-state index contributed by atoms with van der Waals surface area (Å²) in [5.41, 5.74) is 3.46. The molecule has 1 fully saturated rings. The first-order valence-corrected chi connectivity index (χ1v) is 5.16. The summed E-state index contributed by atoms with van der Waals surface area (Å²) in [6.45, 7) is 1.49. The van der Waals surface area contributed by atoms with Crippen molar-refractivity contribution in [3.05, 3.63) is 34.9 Å². The minimum absolute atomic E-state index is 0.381. The number of rotatable bonds is 2. The Morgan fingerprint density at radius 3 is 2.79 bits per heavy atom. The molecule has 0 radical (unpaired) electrons. The highest BCUT2D eigenvalue weighted by Gasteiger charge is 2.40. The topological polar surface area (TPSA) is 29.5 Å². The van der Waals surface area contributed by atoms with Crippen LogP contribution in [-0.4, -0.2) is 10.7 Å². The first kappa shape index (κ1) is 8.45. The Balaban J connectivity index is 1.85. The van der Waals surface area contributed by atoms with Crippen LogP contribution in [-0.2, 0) is 24.4 Å². The molecule has 1 N–H and O–H groups in total. The first-order chi connectivity index (χ1) is 6.75. The second kappa shape index (κ2) is 2.81. The SMILES string of the molecule is OC1(Cc2ccc3c(c2)COC3)CC1. The molecule has 0 saturated heterocycles. The summed E-state index contributed by atoms with van der Waals surface area (Å²) in [4.78, 5) is 0. The lowest BCUT2D eigenvalue weighted by Crippen LogP contribution is -2.10. The molecule has 0 spiro atoms. The van der Waals surface area contributed by atoms with Crippen molar-refractivity contribution in [2.45, 2.75) is 38.1 Å². The molecule has 1 saturated carbocycles. The maximum Gasteiger partial charge on any atom is 0.0725 e. The zero-order chi connectivity index (χ0) is 9.60. The molecule has 1 aliphatic heterocycles. The minimum Gasteiger partial charge on any atom is -0.390 e. The van der Waals surface area contributed by atoms with E-state index in [0.29, 0.717) is 0 Å². The molecule has 1 heterocycles. The van der Waals surface area contributed by atoms with Crippen LogP contribution in [0.4, 0.5) is 0 Å². The van der Waals surface area contributed by atoms with Gasteiger partial charge in [0.2, 0.25) is 0 Å². The highest BCUT2D eigenvalue weighted by atomic mass is 16.5. The summed E-state index contributed by atoms with van der Waals surface area (Å²) >= 11 is 0. The number of benzene rings is 1. The van der Waals surface area contributed by atoms with E-state index >= 15 is 0 Å². The number of aliphatic hydroxyl groups is 1. The second-order valence-corrected chi connectivity index (χ2v) is 4.50. The number of fused-ring (bicyclic) bond motifs is 1. The van der Waals surface area contributed by atoms with Gasteiger partial charge in [0.25, 0.3) is 0 Å². The van der Waals surface area contributed by atoms with Crippen molar-refractivity contribution in [1.29, 1.82) is 0 Å². The van der Waals surface area contributed by atoms with Crippen molar-refractivity contribution >= 4 is 0 Å². The zero-order valence-electron chi connectivity index (χ0n) is 8.12. The van der Waals surface area contributed by atoms with E-state index < -0.39 is 0 Å². The van der Waals surface area contributed by atoms with Crippen molar-refractivity contribution in [1.82, 2.24) is 0 Å². The fourth-order valence-electron chi connectivity index (χ4n) is 2.04. The molecular formula is C12H14O2. The summed E-state index contributed by atoms with van der Waals surface area (Å²) in [6.07, 6.45) is 2.72. The lowest BCUT2D eigenvalue weighted by molar-refractivity contribution is 0.134. The lowest BCUT2D eigenvalue weighted by Gasteiger charge is -2.08. The molecule has 0 atom stereocenters. The predicted molar refractivity (Wildman–Crippen MR) is 52.8 cm³/mol. The Kier molecular flexibility index (Phi) is 1.70. The molecule has 0 unspecified atom stereocenters. The molecule has 1 aromatic carbocycles. The number of hydrogen-bond donors (Lipinski definition) is 1. The second-order valence-electron chi connectivity index (χ2n) is 4.50. The third-order valence-electron chi connectivity index (χ3n) is 3.15. The molecular weight excluding hydrogens is 176 g/mol. The molecule has 0 aromatic heterocycles. The Bertz CT molecular complexity index is 367. The molecule has 0 bridgehead atoms. The molecule has 14 heavy (non-hydrogen) atoms. The van der Waals surface area contributed by atoms with Crippen LogP contribution in [0, 0.1) is 0 Å². The maximum absolute atomic E-state index is 9.80. The van der Waals surface area contributed by atoms with Gasteiger partial charge in [0.15, 0.2) is 0 Å². The van der Waals surface area contributed by atoms with Crippen LogP contribution in [0.5, 0.6) is 0 Å². The number of ether oxygens (including phenoxy) is 1. The Morgan fingerprint density at radius 1 is 1.21 bits per heavy atom. The van der Waals surface area contributed by atoms with Gasteiger partial charge >= 0.3 is 0 Å². The van der Waals surface area contributed by atoms with E-state index in [-0.39, 0.29) is 5.60 Å². The Labute approximate surface area is 83.5 Å². The van der Waals surface area contributed by atoms with Crippen LogP contribution < -0.4 is 0 Å². The van der Waals surface area contributed by atoms with Crippen LogP contribution in [0.1, 0.15) is 29.5 Å². The summed E-state index contributed by atoms with van der Waals surface area (Å²) in [5, 5.41) is 9.80. The quantitative estimate of drug-likeness (QED) is 0.770. The van der Waals surface area contributed by atoms with Gasteiger partial charge in [-0.15, -0.1) is 0 Å². The molecule has 1 aromatic rings. The molecule has 2 nitrogen and oxygen atoms in total. The van der Waals surface area contributed by atoms with Gasteiger partial charge in [0.05, 0.1) is 18.8 Å². The monoisotopic (exact) mass is 190 g/mol. The van der Waals surface area contributed by atoms with Crippen LogP contribution in [0.2, 0.25) is 0 Å². The van der Waals surface area contributed by atoms with E-state index in [0.717, 1.165) is 32.5 Å². The number of hydrogen-bond acceptors (Lipinski definition) is 2. The van der Waals surface area contributed by atoms with Crippen molar-refractivity contribution < 1.29 is 9.84 Å². The van der Waals surface area contributed by atoms with Gasteiger partial charge in [-0.2, -0.15) is 0 Å². The lowest BCUT2D eigenvalue weighted by atomic mass is 10.0. The van der Waals surface area contributed by atoms with Crippen LogP contribution in [0.25, 0.3) is 0 Å². The fourth-order valence-corrected chi connectivity index (χ4v) is 2.04. The van der Waals surface area contributed by atoms with Gasteiger partial charge in [-0.05, 0) is 29.5 Å². The standard InChI is InChI=1S/C12H14O2/c13-12(3-4-12)6-9-1-2-10-7-14-8-11(10)5-9/h1-2,5,13H,3-4,6-8H2. The molecule has 2 heteroatoms. The Morgan fingerprint density at radius 2 is 2.00 bits per heavy atom. The predicted octanol–water partition coefficient (Wildman–Crippen LogP) is 1.78. The third kappa shape index (κ3) is 1.45. The minimum atomic E-state index is -0.381. The van der Waals surface area contributed by atoms with E-state index in [1.54, 1.807) is 0 Å². The van der Waals surface area contributed by atoms with Gasteiger partial charge in [-0.1, -0.05) is 18.2 Å². The smallest absolute Gasteiger partial charge is 0.0725 e. The highest BCUT2D eigenvalue weighted by Crippen LogP contribution is 2.38. The molecule has 1 aliphatic carbocycles. The van der Waals surface area contributed by atoms with Crippen LogP contribution in [0.15, 0.2) is 18.2 Å². The van der Waals surface area contributed by atoms with Gasteiger partial charge < -0.3 is 9.84 Å². The van der Waals surface area contributed by atoms with Crippen LogP contribution in [0.3, 0.4) is 0 Å². The first-order valence-electron chi connectivity index (χ1n) is 5.16. The summed E-state index contributed by atoms with van der Waals surface area (Å²) < 4.78 is 5.35. The molecule has 74 valence electrons. The fraction of sp³-hybridized carbons (Fsp3) is 0.500. The average molecular weight is 190 g/mol. The largest absolute Gasteiger partial charge is 0.390 e. The van der Waals surface area contributed by atoms with E-state index in [4.69, 9.17) is 4.74 Å². The van der Waals surface area contributed by atoms with Gasteiger partial charge in [0, 0.05) is 6.42 Å². The Hall–Kier alpha value is -0.860. The zero-order valence-corrected chi connectivity index (χ0v) is 8.12. The third-order valence-corrected chi connectivity index (χ3v) is 3.15. The maximum atomic E-state index is 9.80. The summed E-state index contributed by atoms with van der Waals surface area (Å²) in [6, 6.07) is 6.42. The van der Waals surface area contributed by atoms with Gasteiger partial charge in [-0.25, -0.2) is 0 Å². The van der Waals surface area contributed by atoms with E-state index in [1.165, 1.54) is 16.7 Å². The molecule has 2 aliphatic rings. The molecule has 0 amide bonds. The van der Waals surface area contributed by atoms with E-state index in [1.807, 2.05) is 0 Å². The van der Waals surface area contributed by atoms with Crippen molar-refractivity contribution in [3.63, 3.8) is 0 Å². The normalized spacial score (nSPS) is 22.1. The van der Waals surface area contributed by atoms with E-state index in [9.17, 15) is 5.11 Å². The van der Waals surface area contributed by atoms with Crippen molar-refractivity contribution in [3.8, 4) is 0 Å². The average Bonchev–Trinajstić information content (AvgIpc) is 2.73. The van der Waals surface area contributed by atoms with Crippen molar-refractivity contribution in [2.24, 2.45) is 0 Å². The van der Waals surface area contributed by atoms with E-state index in [2.05, 4.69) is 18.2 Å². The van der Waals surface area contributed by atoms with Gasteiger partial charge in [-0.3, -0.25) is 0 Å². The summed E-state index contributed by atoms with van der Waals surface area (Å²) in [5.74, 6) is 0. The van der Waals surface area contributed by atoms with Gasteiger partial charge in [0.1, 0.15) is 0 Å².